The molecule has 0 spiro atoms. The zero-order chi connectivity index (χ0) is 13.0. The van der Waals surface area contributed by atoms with Crippen molar-refractivity contribution in [3.8, 4) is 0 Å². The number of hydrogen-bond acceptors (Lipinski definition) is 2. The first-order chi connectivity index (χ1) is 8.74. The highest BCUT2D eigenvalue weighted by molar-refractivity contribution is 9.09. The fraction of sp³-hybridized carbons (Fsp3) is 0.786. The van der Waals surface area contributed by atoms with E-state index in [4.69, 9.17) is 0 Å². The predicted octanol–water partition coefficient (Wildman–Crippen LogP) is 3.35. The Labute approximate surface area is 119 Å². The predicted molar refractivity (Wildman–Crippen MR) is 79.1 cm³/mol. The van der Waals surface area contributed by atoms with E-state index in [9.17, 15) is 0 Å². The zero-order valence-corrected chi connectivity index (χ0v) is 13.1. The van der Waals surface area contributed by atoms with Crippen LogP contribution in [0.2, 0.25) is 0 Å². The second kappa shape index (κ2) is 6.71. The van der Waals surface area contributed by atoms with E-state index in [1.807, 2.05) is 0 Å². The SMILES string of the molecule is CCn1nc(C)cc1CN(CCCBr)C1CCC1. The topological polar surface area (TPSA) is 21.1 Å². The molecule has 1 aliphatic carbocycles. The highest BCUT2D eigenvalue weighted by atomic mass is 79.9. The van der Waals surface area contributed by atoms with Gasteiger partial charge in [0.25, 0.3) is 0 Å². The number of nitrogens with zero attached hydrogens (tertiary/aromatic N) is 3. The number of aryl methyl sites for hydroxylation is 2. The molecule has 1 saturated carbocycles. The van der Waals surface area contributed by atoms with Gasteiger partial charge in [-0.15, -0.1) is 0 Å². The van der Waals surface area contributed by atoms with E-state index in [-0.39, 0.29) is 0 Å². The molecule has 18 heavy (non-hydrogen) atoms. The van der Waals surface area contributed by atoms with Crippen molar-refractivity contribution in [3.05, 3.63) is 17.5 Å². The normalized spacial score (nSPS) is 16.2. The van der Waals surface area contributed by atoms with Gasteiger partial charge in [0.15, 0.2) is 0 Å². The van der Waals surface area contributed by atoms with Crippen molar-refractivity contribution < 1.29 is 0 Å². The van der Waals surface area contributed by atoms with Crippen LogP contribution in [0, 0.1) is 6.92 Å². The molecule has 0 saturated heterocycles. The van der Waals surface area contributed by atoms with Gasteiger partial charge >= 0.3 is 0 Å². The van der Waals surface area contributed by atoms with Crippen LogP contribution in [-0.2, 0) is 13.1 Å². The molecular formula is C14H24BrN3. The molecule has 0 unspecified atom stereocenters. The van der Waals surface area contributed by atoms with Crippen LogP contribution < -0.4 is 0 Å². The minimum atomic E-state index is 0.810. The van der Waals surface area contributed by atoms with E-state index in [1.165, 1.54) is 37.9 Å². The molecule has 0 bridgehead atoms. The van der Waals surface area contributed by atoms with Gasteiger partial charge in [-0.05, 0) is 45.7 Å². The fourth-order valence-electron chi connectivity index (χ4n) is 2.61. The van der Waals surface area contributed by atoms with Crippen molar-refractivity contribution in [2.45, 2.75) is 58.7 Å². The molecule has 4 heteroatoms. The highest BCUT2D eigenvalue weighted by Gasteiger charge is 2.25. The van der Waals surface area contributed by atoms with Gasteiger partial charge in [-0.1, -0.05) is 22.4 Å². The molecule has 0 amide bonds. The van der Waals surface area contributed by atoms with Crippen LogP contribution in [0.5, 0.6) is 0 Å². The van der Waals surface area contributed by atoms with Gasteiger partial charge in [0, 0.05) is 24.5 Å². The molecule has 3 nitrogen and oxygen atoms in total. The first-order valence-electron chi connectivity index (χ1n) is 7.08. The lowest BCUT2D eigenvalue weighted by atomic mass is 9.91. The smallest absolute Gasteiger partial charge is 0.0597 e. The van der Waals surface area contributed by atoms with Gasteiger partial charge in [-0.3, -0.25) is 9.58 Å². The Morgan fingerprint density at radius 3 is 2.83 bits per heavy atom. The summed E-state index contributed by atoms with van der Waals surface area (Å²) < 4.78 is 2.15. The number of hydrogen-bond donors (Lipinski definition) is 0. The van der Waals surface area contributed by atoms with E-state index in [0.29, 0.717) is 0 Å². The molecule has 1 aliphatic rings. The molecule has 1 aromatic heterocycles. The molecule has 0 aromatic carbocycles. The molecule has 2 rings (SSSR count). The molecule has 0 aliphatic heterocycles. The number of halogens is 1. The summed E-state index contributed by atoms with van der Waals surface area (Å²) in [7, 11) is 0. The quantitative estimate of drug-likeness (QED) is 0.720. The van der Waals surface area contributed by atoms with E-state index < -0.39 is 0 Å². The fourth-order valence-corrected chi connectivity index (χ4v) is 2.86. The zero-order valence-electron chi connectivity index (χ0n) is 11.5. The third-order valence-corrected chi connectivity index (χ3v) is 4.38. The van der Waals surface area contributed by atoms with Gasteiger partial charge in [0.2, 0.25) is 0 Å². The summed E-state index contributed by atoms with van der Waals surface area (Å²) in [6.07, 6.45) is 5.39. The van der Waals surface area contributed by atoms with Crippen LogP contribution in [0.1, 0.15) is 44.0 Å². The van der Waals surface area contributed by atoms with Crippen LogP contribution >= 0.6 is 15.9 Å². The summed E-state index contributed by atoms with van der Waals surface area (Å²) in [4.78, 5) is 2.65. The Bertz CT molecular complexity index is 371. The van der Waals surface area contributed by atoms with E-state index >= 15 is 0 Å². The standard InChI is InChI=1S/C14H24BrN3/c1-3-18-14(10-12(2)16-18)11-17(9-5-8-15)13-6-4-7-13/h10,13H,3-9,11H2,1-2H3. The van der Waals surface area contributed by atoms with Crippen molar-refractivity contribution in [1.29, 1.82) is 0 Å². The Hall–Kier alpha value is -0.350. The van der Waals surface area contributed by atoms with Gasteiger partial charge in [0.1, 0.15) is 0 Å². The summed E-state index contributed by atoms with van der Waals surface area (Å²) in [5.74, 6) is 0. The average molecular weight is 314 g/mol. The van der Waals surface area contributed by atoms with Gasteiger partial charge in [-0.2, -0.15) is 5.10 Å². The van der Waals surface area contributed by atoms with Crippen LogP contribution in [0.25, 0.3) is 0 Å². The van der Waals surface area contributed by atoms with Gasteiger partial charge in [-0.25, -0.2) is 0 Å². The van der Waals surface area contributed by atoms with Crippen LogP contribution in [0.4, 0.5) is 0 Å². The van der Waals surface area contributed by atoms with Crippen molar-refractivity contribution in [1.82, 2.24) is 14.7 Å². The lowest BCUT2D eigenvalue weighted by Crippen LogP contribution is -2.40. The monoisotopic (exact) mass is 313 g/mol. The molecule has 1 fully saturated rings. The third kappa shape index (κ3) is 3.35. The van der Waals surface area contributed by atoms with Crippen molar-refractivity contribution in [3.63, 3.8) is 0 Å². The highest BCUT2D eigenvalue weighted by Crippen LogP contribution is 2.26. The van der Waals surface area contributed by atoms with Gasteiger partial charge in [0.05, 0.1) is 11.4 Å². The molecular weight excluding hydrogens is 290 g/mol. The van der Waals surface area contributed by atoms with Crippen molar-refractivity contribution >= 4 is 15.9 Å². The molecule has 1 heterocycles. The summed E-state index contributed by atoms with van der Waals surface area (Å²) >= 11 is 3.54. The Morgan fingerprint density at radius 2 is 2.28 bits per heavy atom. The second-order valence-corrected chi connectivity index (χ2v) is 5.98. The van der Waals surface area contributed by atoms with E-state index in [1.54, 1.807) is 0 Å². The number of aromatic nitrogens is 2. The molecule has 102 valence electrons. The second-order valence-electron chi connectivity index (χ2n) is 5.19. The Kier molecular flexibility index (Phi) is 5.25. The summed E-state index contributed by atoms with van der Waals surface area (Å²) in [6.45, 7) is 7.49. The molecule has 0 atom stereocenters. The Morgan fingerprint density at radius 1 is 1.50 bits per heavy atom. The Balaban J connectivity index is 2.01. The first kappa shape index (κ1) is 14.1. The van der Waals surface area contributed by atoms with Crippen molar-refractivity contribution in [2.75, 3.05) is 11.9 Å². The van der Waals surface area contributed by atoms with E-state index in [0.717, 1.165) is 30.2 Å². The van der Waals surface area contributed by atoms with Crippen LogP contribution in [-0.4, -0.2) is 32.6 Å². The maximum Gasteiger partial charge on any atom is 0.0597 e. The minimum absolute atomic E-state index is 0.810. The van der Waals surface area contributed by atoms with Gasteiger partial charge < -0.3 is 0 Å². The summed E-state index contributed by atoms with van der Waals surface area (Å²) in [6, 6.07) is 3.05. The maximum absolute atomic E-state index is 4.55. The average Bonchev–Trinajstić information content (AvgIpc) is 2.64. The van der Waals surface area contributed by atoms with E-state index in [2.05, 4.69) is 50.5 Å². The molecule has 0 radical (unpaired) electrons. The minimum Gasteiger partial charge on any atom is -0.295 e. The lowest BCUT2D eigenvalue weighted by Gasteiger charge is -2.37. The lowest BCUT2D eigenvalue weighted by molar-refractivity contribution is 0.117. The first-order valence-corrected chi connectivity index (χ1v) is 8.20. The van der Waals surface area contributed by atoms with Crippen LogP contribution in [0.3, 0.4) is 0 Å². The summed E-state index contributed by atoms with van der Waals surface area (Å²) in [5, 5.41) is 5.65. The number of alkyl halides is 1. The third-order valence-electron chi connectivity index (χ3n) is 3.82. The largest absolute Gasteiger partial charge is 0.295 e. The summed E-state index contributed by atoms with van der Waals surface area (Å²) in [5.41, 5.74) is 2.51. The van der Waals surface area contributed by atoms with Crippen molar-refractivity contribution in [2.24, 2.45) is 0 Å². The molecule has 0 N–H and O–H groups in total. The maximum atomic E-state index is 4.55. The van der Waals surface area contributed by atoms with Crippen LogP contribution in [0.15, 0.2) is 6.07 Å². The molecule has 1 aromatic rings. The number of rotatable bonds is 7.